The second-order valence-electron chi connectivity index (χ2n) is 3.55. The maximum absolute atomic E-state index is 11.3. The van der Waals surface area contributed by atoms with E-state index in [1.54, 1.807) is 35.5 Å². The number of carbonyl (C=O) groups is 1. The first-order valence-corrected chi connectivity index (χ1v) is 6.22. The number of thioether (sulfide) groups is 1. The molecule has 0 radical (unpaired) electrons. The zero-order valence-corrected chi connectivity index (χ0v) is 9.94. The van der Waals surface area contributed by atoms with Crippen LogP contribution in [-0.2, 0) is 11.3 Å². The molecule has 0 saturated carbocycles. The van der Waals surface area contributed by atoms with Gasteiger partial charge in [0, 0.05) is 30.3 Å². The minimum Gasteiger partial charge on any atom is -0.481 e. The molecule has 88 valence electrons. The van der Waals surface area contributed by atoms with Gasteiger partial charge in [0.15, 0.2) is 0 Å². The number of hydrogen-bond donors (Lipinski definition) is 1. The third kappa shape index (κ3) is 4.10. The zero-order valence-electron chi connectivity index (χ0n) is 9.13. The Morgan fingerprint density at radius 1 is 1.56 bits per heavy atom. The molecule has 0 aromatic carbocycles. The van der Waals surface area contributed by atoms with Gasteiger partial charge in [0.1, 0.15) is 0 Å². The molecule has 1 heterocycles. The summed E-state index contributed by atoms with van der Waals surface area (Å²) in [6, 6.07) is 5.04. The van der Waals surface area contributed by atoms with E-state index in [9.17, 15) is 9.59 Å². The van der Waals surface area contributed by atoms with Crippen LogP contribution in [0, 0.1) is 5.92 Å². The fourth-order valence-electron chi connectivity index (χ4n) is 1.14. The number of pyridine rings is 1. The van der Waals surface area contributed by atoms with Crippen LogP contribution in [0.3, 0.4) is 0 Å². The van der Waals surface area contributed by atoms with Gasteiger partial charge in [-0.1, -0.05) is 13.0 Å². The Morgan fingerprint density at radius 3 is 2.94 bits per heavy atom. The van der Waals surface area contributed by atoms with Crippen molar-refractivity contribution in [2.75, 3.05) is 11.5 Å². The molecule has 5 heteroatoms. The van der Waals surface area contributed by atoms with Crippen molar-refractivity contribution in [3.8, 4) is 0 Å². The average molecular weight is 241 g/mol. The molecule has 4 nitrogen and oxygen atoms in total. The van der Waals surface area contributed by atoms with Crippen LogP contribution >= 0.6 is 11.8 Å². The van der Waals surface area contributed by atoms with Crippen LogP contribution < -0.4 is 5.56 Å². The predicted molar refractivity (Wildman–Crippen MR) is 64.8 cm³/mol. The third-order valence-electron chi connectivity index (χ3n) is 2.16. The summed E-state index contributed by atoms with van der Waals surface area (Å²) in [5, 5.41) is 8.67. The van der Waals surface area contributed by atoms with Crippen LogP contribution in [0.1, 0.15) is 6.92 Å². The number of nitrogens with zero attached hydrogens (tertiary/aromatic N) is 1. The highest BCUT2D eigenvalue weighted by Crippen LogP contribution is 2.08. The molecule has 1 aromatic heterocycles. The fourth-order valence-corrected chi connectivity index (χ4v) is 2.13. The molecule has 1 atom stereocenters. The van der Waals surface area contributed by atoms with Crippen molar-refractivity contribution >= 4 is 17.7 Å². The van der Waals surface area contributed by atoms with E-state index in [1.165, 1.54) is 6.07 Å². The predicted octanol–water partition coefficient (Wildman–Crippen LogP) is 1.30. The first-order chi connectivity index (χ1) is 7.61. The van der Waals surface area contributed by atoms with Crippen LogP contribution in [0.25, 0.3) is 0 Å². The highest BCUT2D eigenvalue weighted by Gasteiger charge is 2.09. The van der Waals surface area contributed by atoms with Gasteiger partial charge in [-0.05, 0) is 6.07 Å². The van der Waals surface area contributed by atoms with Crippen molar-refractivity contribution in [3.05, 3.63) is 34.7 Å². The van der Waals surface area contributed by atoms with E-state index in [0.29, 0.717) is 12.3 Å². The molecule has 0 aliphatic carbocycles. The van der Waals surface area contributed by atoms with Crippen molar-refractivity contribution in [1.29, 1.82) is 0 Å². The Hall–Kier alpha value is -1.23. The number of aryl methyl sites for hydroxylation is 1. The van der Waals surface area contributed by atoms with Gasteiger partial charge in [-0.25, -0.2) is 0 Å². The summed E-state index contributed by atoms with van der Waals surface area (Å²) in [6.45, 7) is 2.31. The molecule has 1 unspecified atom stereocenters. The van der Waals surface area contributed by atoms with E-state index in [2.05, 4.69) is 0 Å². The number of carboxylic acid groups (broad SMARTS) is 1. The lowest BCUT2D eigenvalue weighted by Gasteiger charge is -2.07. The molecule has 0 saturated heterocycles. The van der Waals surface area contributed by atoms with E-state index in [1.807, 2.05) is 6.07 Å². The normalized spacial score (nSPS) is 12.3. The summed E-state index contributed by atoms with van der Waals surface area (Å²) < 4.78 is 1.62. The monoisotopic (exact) mass is 241 g/mol. The highest BCUT2D eigenvalue weighted by molar-refractivity contribution is 7.99. The number of rotatable bonds is 6. The molecule has 0 aliphatic rings. The number of aliphatic carboxylic acids is 1. The van der Waals surface area contributed by atoms with E-state index in [0.717, 1.165) is 5.75 Å². The molecule has 1 aromatic rings. The summed E-state index contributed by atoms with van der Waals surface area (Å²) in [4.78, 5) is 21.9. The van der Waals surface area contributed by atoms with Crippen molar-refractivity contribution in [2.45, 2.75) is 13.5 Å². The minimum absolute atomic E-state index is 0.0191. The van der Waals surface area contributed by atoms with Gasteiger partial charge in [0.25, 0.3) is 5.56 Å². The van der Waals surface area contributed by atoms with E-state index < -0.39 is 5.97 Å². The summed E-state index contributed by atoms with van der Waals surface area (Å²) in [5.41, 5.74) is -0.0191. The Bertz CT molecular complexity index is 402. The maximum atomic E-state index is 11.3. The SMILES string of the molecule is CC(CSCCn1ccccc1=O)C(=O)O. The summed E-state index contributed by atoms with van der Waals surface area (Å²) >= 11 is 1.55. The number of hydrogen-bond acceptors (Lipinski definition) is 3. The quantitative estimate of drug-likeness (QED) is 0.763. The molecular weight excluding hydrogens is 226 g/mol. The summed E-state index contributed by atoms with van der Waals surface area (Å²) in [5.74, 6) is 0.222. The lowest BCUT2D eigenvalue weighted by molar-refractivity contribution is -0.140. The van der Waals surface area contributed by atoms with Crippen molar-refractivity contribution in [2.24, 2.45) is 5.92 Å². The lowest BCUT2D eigenvalue weighted by Crippen LogP contribution is -2.19. The van der Waals surface area contributed by atoms with Crippen LogP contribution in [-0.4, -0.2) is 27.1 Å². The molecule has 0 aliphatic heterocycles. The van der Waals surface area contributed by atoms with Gasteiger partial charge in [0.2, 0.25) is 0 Å². The van der Waals surface area contributed by atoms with Gasteiger partial charge in [0.05, 0.1) is 5.92 Å². The standard InChI is InChI=1S/C11H15NO3S/c1-9(11(14)15)8-16-7-6-12-5-3-2-4-10(12)13/h2-5,9H,6-8H2,1H3,(H,14,15). The smallest absolute Gasteiger partial charge is 0.307 e. The Morgan fingerprint density at radius 2 is 2.31 bits per heavy atom. The number of aromatic nitrogens is 1. The van der Waals surface area contributed by atoms with Crippen molar-refractivity contribution in [3.63, 3.8) is 0 Å². The second kappa shape index (κ2) is 6.37. The van der Waals surface area contributed by atoms with Gasteiger partial charge >= 0.3 is 5.97 Å². The third-order valence-corrected chi connectivity index (χ3v) is 3.37. The zero-order chi connectivity index (χ0) is 12.0. The van der Waals surface area contributed by atoms with E-state index >= 15 is 0 Å². The highest BCUT2D eigenvalue weighted by atomic mass is 32.2. The largest absolute Gasteiger partial charge is 0.481 e. The minimum atomic E-state index is -0.774. The van der Waals surface area contributed by atoms with Crippen molar-refractivity contribution in [1.82, 2.24) is 4.57 Å². The van der Waals surface area contributed by atoms with Crippen molar-refractivity contribution < 1.29 is 9.90 Å². The van der Waals surface area contributed by atoms with E-state index in [-0.39, 0.29) is 11.5 Å². The Labute approximate surface area is 98.3 Å². The molecule has 0 amide bonds. The summed E-state index contributed by atoms with van der Waals surface area (Å²) in [7, 11) is 0. The van der Waals surface area contributed by atoms with Gasteiger partial charge in [-0.3, -0.25) is 9.59 Å². The molecule has 1 N–H and O–H groups in total. The van der Waals surface area contributed by atoms with E-state index in [4.69, 9.17) is 5.11 Å². The van der Waals surface area contributed by atoms with Gasteiger partial charge in [-0.15, -0.1) is 0 Å². The topological polar surface area (TPSA) is 59.3 Å². The molecule has 0 spiro atoms. The first kappa shape index (κ1) is 12.8. The molecular formula is C11H15NO3S. The fraction of sp³-hybridized carbons (Fsp3) is 0.455. The van der Waals surface area contributed by atoms with Gasteiger partial charge in [-0.2, -0.15) is 11.8 Å². The Balaban J connectivity index is 2.29. The van der Waals surface area contributed by atoms with Crippen LogP contribution in [0.4, 0.5) is 0 Å². The van der Waals surface area contributed by atoms with Crippen LogP contribution in [0.15, 0.2) is 29.2 Å². The van der Waals surface area contributed by atoms with Gasteiger partial charge < -0.3 is 9.67 Å². The van der Waals surface area contributed by atoms with Crippen LogP contribution in [0.5, 0.6) is 0 Å². The second-order valence-corrected chi connectivity index (χ2v) is 4.70. The number of carboxylic acids is 1. The molecule has 0 bridgehead atoms. The summed E-state index contributed by atoms with van der Waals surface area (Å²) in [6.07, 6.45) is 1.74. The average Bonchev–Trinajstić information content (AvgIpc) is 2.26. The Kier molecular flexibility index (Phi) is 5.11. The lowest BCUT2D eigenvalue weighted by atomic mass is 10.2. The van der Waals surface area contributed by atoms with Crippen LogP contribution in [0.2, 0.25) is 0 Å². The molecule has 0 fully saturated rings. The first-order valence-electron chi connectivity index (χ1n) is 5.07. The molecule has 16 heavy (non-hydrogen) atoms. The maximum Gasteiger partial charge on any atom is 0.307 e. The molecule has 1 rings (SSSR count).